The largest absolute Gasteiger partial charge is 0.354 e. The van der Waals surface area contributed by atoms with Gasteiger partial charge in [0.2, 0.25) is 5.95 Å². The van der Waals surface area contributed by atoms with Gasteiger partial charge in [0, 0.05) is 17.3 Å². The summed E-state index contributed by atoms with van der Waals surface area (Å²) in [4.78, 5) is 15.7. The van der Waals surface area contributed by atoms with E-state index in [0.717, 1.165) is 0 Å². The smallest absolute Gasteiger partial charge is 0.226 e. The Bertz CT molecular complexity index is 767. The lowest BCUT2D eigenvalue weighted by Gasteiger charge is -2.09. The fourth-order valence-corrected chi connectivity index (χ4v) is 2.15. The highest BCUT2D eigenvalue weighted by Crippen LogP contribution is 2.25. The Labute approximate surface area is 124 Å². The average Bonchev–Trinajstić information content (AvgIpc) is 2.86. The first-order chi connectivity index (χ1) is 10.2. The summed E-state index contributed by atoms with van der Waals surface area (Å²) in [6.45, 7) is 2.62. The standard InChI is InChI=1S/C13H12ClFN6/c1-2-16-13-20-11-10(17-6-18-11)12(21-13)19-9-4-7(14)3-8(15)5-9/h3-6H,2H2,1H3,(H3,16,17,18,19,20,21). The lowest BCUT2D eigenvalue weighted by molar-refractivity contribution is 0.628. The van der Waals surface area contributed by atoms with Gasteiger partial charge in [0.15, 0.2) is 11.5 Å². The lowest BCUT2D eigenvalue weighted by Crippen LogP contribution is -2.05. The molecule has 21 heavy (non-hydrogen) atoms. The Morgan fingerprint density at radius 1 is 1.29 bits per heavy atom. The molecule has 3 rings (SSSR count). The van der Waals surface area contributed by atoms with Gasteiger partial charge in [-0.25, -0.2) is 9.37 Å². The summed E-state index contributed by atoms with van der Waals surface area (Å²) in [5.74, 6) is 0.518. The zero-order chi connectivity index (χ0) is 14.8. The van der Waals surface area contributed by atoms with E-state index in [1.807, 2.05) is 6.92 Å². The van der Waals surface area contributed by atoms with Crippen LogP contribution in [0.15, 0.2) is 24.5 Å². The van der Waals surface area contributed by atoms with E-state index in [4.69, 9.17) is 11.6 Å². The van der Waals surface area contributed by atoms with Crippen molar-refractivity contribution in [2.75, 3.05) is 17.2 Å². The van der Waals surface area contributed by atoms with Crippen LogP contribution in [0, 0.1) is 5.82 Å². The molecule has 0 aliphatic heterocycles. The minimum Gasteiger partial charge on any atom is -0.354 e. The van der Waals surface area contributed by atoms with Gasteiger partial charge in [-0.1, -0.05) is 11.6 Å². The van der Waals surface area contributed by atoms with Crippen LogP contribution in [-0.2, 0) is 0 Å². The third kappa shape index (κ3) is 2.87. The molecule has 2 aromatic heterocycles. The lowest BCUT2D eigenvalue weighted by atomic mass is 10.3. The van der Waals surface area contributed by atoms with E-state index in [9.17, 15) is 4.39 Å². The number of fused-ring (bicyclic) bond motifs is 1. The molecule has 0 aliphatic carbocycles. The first-order valence-corrected chi connectivity index (χ1v) is 6.71. The number of H-pyrrole nitrogens is 1. The van der Waals surface area contributed by atoms with Gasteiger partial charge in [-0.2, -0.15) is 9.97 Å². The molecule has 2 heterocycles. The molecule has 3 N–H and O–H groups in total. The second-order valence-corrected chi connectivity index (χ2v) is 4.75. The van der Waals surface area contributed by atoms with Crippen LogP contribution in [0.5, 0.6) is 0 Å². The number of anilines is 3. The van der Waals surface area contributed by atoms with Gasteiger partial charge >= 0.3 is 0 Å². The normalized spacial score (nSPS) is 10.8. The van der Waals surface area contributed by atoms with E-state index in [1.165, 1.54) is 18.5 Å². The zero-order valence-electron chi connectivity index (χ0n) is 11.1. The maximum Gasteiger partial charge on any atom is 0.226 e. The summed E-state index contributed by atoms with van der Waals surface area (Å²) in [5.41, 5.74) is 1.65. The highest BCUT2D eigenvalue weighted by atomic mass is 35.5. The number of hydrogen-bond donors (Lipinski definition) is 3. The zero-order valence-corrected chi connectivity index (χ0v) is 11.9. The van der Waals surface area contributed by atoms with Gasteiger partial charge < -0.3 is 15.6 Å². The summed E-state index contributed by atoms with van der Waals surface area (Å²) in [7, 11) is 0. The third-order valence-electron chi connectivity index (χ3n) is 2.75. The van der Waals surface area contributed by atoms with Crippen molar-refractivity contribution in [2.45, 2.75) is 6.92 Å². The molecule has 108 valence electrons. The fourth-order valence-electron chi connectivity index (χ4n) is 1.92. The van der Waals surface area contributed by atoms with Crippen molar-refractivity contribution in [3.8, 4) is 0 Å². The molecule has 8 heteroatoms. The number of imidazole rings is 1. The Hall–Kier alpha value is -2.41. The van der Waals surface area contributed by atoms with Gasteiger partial charge in [0.1, 0.15) is 11.3 Å². The minimum absolute atomic E-state index is 0.305. The predicted octanol–water partition coefficient (Wildman–Crippen LogP) is 3.32. The Kier molecular flexibility index (Phi) is 3.57. The SMILES string of the molecule is CCNc1nc(Nc2cc(F)cc(Cl)c2)c2[nH]cnc2n1. The predicted molar refractivity (Wildman–Crippen MR) is 80.5 cm³/mol. The summed E-state index contributed by atoms with van der Waals surface area (Å²) < 4.78 is 13.4. The first-order valence-electron chi connectivity index (χ1n) is 6.34. The number of nitrogens with one attached hydrogen (secondary N) is 3. The van der Waals surface area contributed by atoms with Crippen molar-refractivity contribution in [1.82, 2.24) is 19.9 Å². The van der Waals surface area contributed by atoms with Gasteiger partial charge in [-0.05, 0) is 25.1 Å². The van der Waals surface area contributed by atoms with Gasteiger partial charge in [-0.15, -0.1) is 0 Å². The Morgan fingerprint density at radius 2 is 2.14 bits per heavy atom. The van der Waals surface area contributed by atoms with E-state index < -0.39 is 5.82 Å². The van der Waals surface area contributed by atoms with Crippen molar-refractivity contribution in [2.24, 2.45) is 0 Å². The van der Waals surface area contributed by atoms with Gasteiger partial charge in [0.25, 0.3) is 0 Å². The molecule has 0 fully saturated rings. The molecule has 0 saturated heterocycles. The van der Waals surface area contributed by atoms with Crippen molar-refractivity contribution in [1.29, 1.82) is 0 Å². The Morgan fingerprint density at radius 3 is 2.90 bits per heavy atom. The van der Waals surface area contributed by atoms with Crippen molar-refractivity contribution < 1.29 is 4.39 Å². The average molecular weight is 307 g/mol. The summed E-state index contributed by atoms with van der Waals surface area (Å²) >= 11 is 5.85. The number of aromatic amines is 1. The molecule has 0 amide bonds. The summed E-state index contributed by atoms with van der Waals surface area (Å²) in [5, 5.41) is 6.35. The highest BCUT2D eigenvalue weighted by molar-refractivity contribution is 6.30. The number of nitrogens with zero attached hydrogens (tertiary/aromatic N) is 3. The Balaban J connectivity index is 2.04. The molecule has 0 atom stereocenters. The van der Waals surface area contributed by atoms with Crippen LogP contribution in [0.3, 0.4) is 0 Å². The fraction of sp³-hybridized carbons (Fsp3) is 0.154. The molecule has 0 aliphatic rings. The minimum atomic E-state index is -0.424. The van der Waals surface area contributed by atoms with Gasteiger partial charge in [-0.3, -0.25) is 0 Å². The molecular weight excluding hydrogens is 295 g/mol. The number of hydrogen-bond acceptors (Lipinski definition) is 5. The van der Waals surface area contributed by atoms with E-state index in [2.05, 4.69) is 30.6 Å². The maximum absolute atomic E-state index is 13.4. The van der Waals surface area contributed by atoms with Crippen LogP contribution in [0.4, 0.5) is 21.8 Å². The van der Waals surface area contributed by atoms with Crippen molar-refractivity contribution >= 4 is 40.2 Å². The monoisotopic (exact) mass is 306 g/mol. The molecule has 0 unspecified atom stereocenters. The van der Waals surface area contributed by atoms with Crippen LogP contribution in [0.2, 0.25) is 5.02 Å². The second-order valence-electron chi connectivity index (χ2n) is 4.31. The number of halogens is 2. The molecule has 0 bridgehead atoms. The van der Waals surface area contributed by atoms with Crippen molar-refractivity contribution in [3.05, 3.63) is 35.4 Å². The molecule has 1 aromatic carbocycles. The molecule has 0 saturated carbocycles. The molecule has 0 spiro atoms. The third-order valence-corrected chi connectivity index (χ3v) is 2.96. The summed E-state index contributed by atoms with van der Waals surface area (Å²) in [6, 6.07) is 4.19. The molecule has 0 radical (unpaired) electrons. The number of rotatable bonds is 4. The van der Waals surface area contributed by atoms with E-state index in [0.29, 0.717) is 40.2 Å². The highest BCUT2D eigenvalue weighted by Gasteiger charge is 2.10. The number of aromatic nitrogens is 4. The van der Waals surface area contributed by atoms with Crippen molar-refractivity contribution in [3.63, 3.8) is 0 Å². The van der Waals surface area contributed by atoms with Crippen LogP contribution < -0.4 is 10.6 Å². The van der Waals surface area contributed by atoms with E-state index in [1.54, 1.807) is 6.07 Å². The van der Waals surface area contributed by atoms with Crippen LogP contribution >= 0.6 is 11.6 Å². The quantitative estimate of drug-likeness (QED) is 0.689. The molecule has 3 aromatic rings. The molecular formula is C13H12ClFN6. The van der Waals surface area contributed by atoms with E-state index >= 15 is 0 Å². The molecule has 6 nitrogen and oxygen atoms in total. The number of benzene rings is 1. The topological polar surface area (TPSA) is 78.5 Å². The first kappa shape index (κ1) is 13.6. The van der Waals surface area contributed by atoms with E-state index in [-0.39, 0.29) is 0 Å². The maximum atomic E-state index is 13.4. The van der Waals surface area contributed by atoms with Crippen LogP contribution in [-0.4, -0.2) is 26.5 Å². The summed E-state index contributed by atoms with van der Waals surface area (Å²) in [6.07, 6.45) is 1.53. The van der Waals surface area contributed by atoms with Crippen LogP contribution in [0.25, 0.3) is 11.2 Å². The van der Waals surface area contributed by atoms with Crippen LogP contribution in [0.1, 0.15) is 6.92 Å². The van der Waals surface area contributed by atoms with Gasteiger partial charge in [0.05, 0.1) is 6.33 Å². The second kappa shape index (κ2) is 5.53.